The number of carbonyl (C=O) groups is 1. The van der Waals surface area contributed by atoms with Crippen molar-refractivity contribution in [2.24, 2.45) is 17.4 Å². The molecule has 14 N–H and O–H groups in total. The van der Waals surface area contributed by atoms with Crippen molar-refractivity contribution in [2.45, 2.75) is 124 Å². The molecule has 238 valence electrons. The first kappa shape index (κ1) is 32.8. The molecule has 2 heterocycles. The maximum absolute atomic E-state index is 13.0. The largest absolute Gasteiger partial charge is 0.394 e. The maximum Gasteiger partial charge on any atom is 0.252 e. The normalized spacial score (nSPS) is 50.7. The number of rotatable bonds is 9. The summed E-state index contributed by atoms with van der Waals surface area (Å²) >= 11 is 0. The van der Waals surface area contributed by atoms with Gasteiger partial charge >= 0.3 is 0 Å². The molecule has 0 radical (unpaired) electrons. The van der Waals surface area contributed by atoms with E-state index < -0.39 is 103 Å². The number of ether oxygens (including phenoxy) is 3. The Kier molecular flexibility index (Phi) is 10.6. The summed E-state index contributed by atoms with van der Waals surface area (Å²) in [4.78, 5) is 13.0. The molecule has 4 aliphatic rings. The van der Waals surface area contributed by atoms with Crippen molar-refractivity contribution in [1.82, 2.24) is 10.6 Å². The lowest BCUT2D eigenvalue weighted by Gasteiger charge is -2.52. The van der Waals surface area contributed by atoms with Crippen LogP contribution in [0.1, 0.15) is 32.6 Å². The van der Waals surface area contributed by atoms with Gasteiger partial charge in [0.2, 0.25) is 0 Å². The van der Waals surface area contributed by atoms with E-state index in [1.165, 1.54) is 0 Å². The summed E-state index contributed by atoms with van der Waals surface area (Å²) in [6.45, 7) is 1.95. The van der Waals surface area contributed by atoms with E-state index in [4.69, 9.17) is 25.7 Å². The van der Waals surface area contributed by atoms with Crippen LogP contribution >= 0.6 is 0 Å². The van der Waals surface area contributed by atoms with Crippen molar-refractivity contribution in [2.75, 3.05) is 19.7 Å². The van der Waals surface area contributed by atoms with Gasteiger partial charge in [-0.2, -0.15) is 0 Å². The van der Waals surface area contributed by atoms with E-state index in [-0.39, 0.29) is 38.3 Å². The third kappa shape index (κ3) is 6.71. The van der Waals surface area contributed by atoms with Gasteiger partial charge in [-0.25, -0.2) is 0 Å². The zero-order chi connectivity index (χ0) is 30.2. The highest BCUT2D eigenvalue weighted by atomic mass is 16.7. The van der Waals surface area contributed by atoms with Gasteiger partial charge in [-0.05, 0) is 13.0 Å². The van der Waals surface area contributed by atoms with Crippen LogP contribution in [-0.4, -0.2) is 158 Å². The first-order valence-corrected chi connectivity index (χ1v) is 14.2. The molecule has 1 amide bonds. The molecule has 2 saturated carbocycles. The summed E-state index contributed by atoms with van der Waals surface area (Å²) in [5, 5.41) is 90.1. The third-order valence-corrected chi connectivity index (χ3v) is 8.82. The second kappa shape index (κ2) is 13.3. The molecule has 4 fully saturated rings. The van der Waals surface area contributed by atoms with Crippen LogP contribution in [0.15, 0.2) is 0 Å². The minimum Gasteiger partial charge on any atom is -0.394 e. The van der Waals surface area contributed by atoms with Crippen molar-refractivity contribution < 1.29 is 59.9 Å². The second-order valence-corrected chi connectivity index (χ2v) is 11.9. The predicted octanol–water partition coefficient (Wildman–Crippen LogP) is -6.29. The van der Waals surface area contributed by atoms with E-state index in [0.717, 1.165) is 0 Å². The van der Waals surface area contributed by atoms with E-state index in [1.54, 1.807) is 0 Å². The number of aliphatic hydroxyl groups is 8. The Balaban J connectivity index is 1.59. The Morgan fingerprint density at radius 3 is 2.24 bits per heavy atom. The fraction of sp³-hybridized carbons (Fsp3) is 0.960. The van der Waals surface area contributed by atoms with Gasteiger partial charge in [0.1, 0.15) is 42.2 Å². The van der Waals surface area contributed by atoms with E-state index >= 15 is 0 Å². The van der Waals surface area contributed by atoms with Crippen LogP contribution in [-0.2, 0) is 19.0 Å². The average Bonchev–Trinajstić information content (AvgIpc) is 2.90. The fourth-order valence-electron chi connectivity index (χ4n) is 6.40. The standard InChI is InChI=1S/C25H46N4O12/c1-2-28-7-14-17(33)19(35)20(36)22(39-14)16-10(27)3-11(29-24(37)25(38)5-9(26)6-25)21(18(16)34)41-23-13(32)4-12(31)15(8-30)40-23/h9-23,28,30-36,38H,2-8,26-27H2,1H3,(H,29,37)/t9?,10-,11+,12-,13+,14+,15+,16?,17+,18-,19-,20+,21-,22+,23+,25?/m0/s1. The minimum atomic E-state index is -1.72. The molecule has 1 unspecified atom stereocenters. The van der Waals surface area contributed by atoms with E-state index in [0.29, 0.717) is 6.54 Å². The SMILES string of the molecule is CCNC[C@H]1O[C@H](C2[C@@H](N)C[C@@H](NC(=O)C3(O)CC(N)C3)[C@H](O[C@H]3O[C@H](CO)[C@@H](O)C[C@H]3O)[C@H]2O)[C@H](O)[C@@H](O)[C@@H]1O. The number of hydrogen-bond donors (Lipinski definition) is 12. The molecular formula is C25H46N4O12. The smallest absolute Gasteiger partial charge is 0.252 e. The van der Waals surface area contributed by atoms with Crippen LogP contribution in [0.25, 0.3) is 0 Å². The number of nitrogens with two attached hydrogens (primary N) is 2. The average molecular weight is 595 g/mol. The predicted molar refractivity (Wildman–Crippen MR) is 139 cm³/mol. The molecule has 4 rings (SSSR count). The third-order valence-electron chi connectivity index (χ3n) is 8.82. The molecular weight excluding hydrogens is 548 g/mol. The molecule has 16 nitrogen and oxygen atoms in total. The van der Waals surface area contributed by atoms with Crippen molar-refractivity contribution >= 4 is 5.91 Å². The lowest BCUT2D eigenvalue weighted by atomic mass is 9.71. The Hall–Kier alpha value is -1.09. The van der Waals surface area contributed by atoms with Crippen LogP contribution in [0.5, 0.6) is 0 Å². The molecule has 2 aliphatic carbocycles. The van der Waals surface area contributed by atoms with Crippen LogP contribution in [0.2, 0.25) is 0 Å². The second-order valence-electron chi connectivity index (χ2n) is 11.9. The summed E-state index contributed by atoms with van der Waals surface area (Å²) in [5.41, 5.74) is 10.5. The first-order chi connectivity index (χ1) is 19.3. The number of nitrogens with one attached hydrogen (secondary N) is 2. The molecule has 0 spiro atoms. The molecule has 0 aromatic rings. The Morgan fingerprint density at radius 2 is 1.63 bits per heavy atom. The highest BCUT2D eigenvalue weighted by molar-refractivity contribution is 5.86. The molecule has 41 heavy (non-hydrogen) atoms. The Morgan fingerprint density at radius 1 is 0.951 bits per heavy atom. The number of carbonyl (C=O) groups excluding carboxylic acids is 1. The van der Waals surface area contributed by atoms with E-state index in [9.17, 15) is 45.6 Å². The minimum absolute atomic E-state index is 0.0321. The molecule has 2 aliphatic heterocycles. The van der Waals surface area contributed by atoms with Gasteiger partial charge in [-0.15, -0.1) is 0 Å². The monoisotopic (exact) mass is 594 g/mol. The van der Waals surface area contributed by atoms with E-state index in [1.807, 2.05) is 6.92 Å². The van der Waals surface area contributed by atoms with Crippen LogP contribution in [0.3, 0.4) is 0 Å². The summed E-state index contributed by atoms with van der Waals surface area (Å²) in [5.74, 6) is -1.84. The van der Waals surface area contributed by atoms with Gasteiger partial charge in [0.15, 0.2) is 6.29 Å². The van der Waals surface area contributed by atoms with Crippen LogP contribution in [0, 0.1) is 5.92 Å². The van der Waals surface area contributed by atoms with Gasteiger partial charge in [0.25, 0.3) is 5.91 Å². The van der Waals surface area contributed by atoms with Gasteiger partial charge in [-0.3, -0.25) is 4.79 Å². The number of likely N-dealkylation sites (N-methyl/N-ethyl adjacent to an activating group) is 1. The number of amides is 1. The van der Waals surface area contributed by atoms with Gasteiger partial charge < -0.3 is 77.2 Å². The molecule has 14 atom stereocenters. The van der Waals surface area contributed by atoms with Gasteiger partial charge in [0.05, 0.1) is 37.1 Å². The molecule has 0 bridgehead atoms. The van der Waals surface area contributed by atoms with Crippen LogP contribution < -0.4 is 22.1 Å². The summed E-state index contributed by atoms with van der Waals surface area (Å²) in [6.07, 6.45) is -15.0. The van der Waals surface area contributed by atoms with Crippen molar-refractivity contribution in [3.05, 3.63) is 0 Å². The van der Waals surface area contributed by atoms with Crippen LogP contribution in [0.4, 0.5) is 0 Å². The molecule has 16 heteroatoms. The number of aliphatic hydroxyl groups excluding tert-OH is 7. The topological polar surface area (TPSA) is 283 Å². The lowest BCUT2D eigenvalue weighted by molar-refractivity contribution is -0.306. The fourth-order valence-corrected chi connectivity index (χ4v) is 6.40. The zero-order valence-corrected chi connectivity index (χ0v) is 23.0. The van der Waals surface area contributed by atoms with Crippen molar-refractivity contribution in [3.63, 3.8) is 0 Å². The quantitative estimate of drug-likeness (QED) is 0.118. The van der Waals surface area contributed by atoms with E-state index in [2.05, 4.69) is 10.6 Å². The Labute approximate surface area is 237 Å². The zero-order valence-electron chi connectivity index (χ0n) is 23.0. The highest BCUT2D eigenvalue weighted by Crippen LogP contribution is 2.38. The maximum atomic E-state index is 13.0. The lowest BCUT2D eigenvalue weighted by Crippen LogP contribution is -2.71. The summed E-state index contributed by atoms with van der Waals surface area (Å²) in [6, 6.07) is -2.30. The summed E-state index contributed by atoms with van der Waals surface area (Å²) < 4.78 is 17.5. The van der Waals surface area contributed by atoms with Crippen molar-refractivity contribution in [3.8, 4) is 0 Å². The summed E-state index contributed by atoms with van der Waals surface area (Å²) in [7, 11) is 0. The van der Waals surface area contributed by atoms with Crippen molar-refractivity contribution in [1.29, 1.82) is 0 Å². The van der Waals surface area contributed by atoms with Gasteiger partial charge in [0, 0.05) is 43.8 Å². The molecule has 0 aromatic heterocycles. The number of hydrogen-bond acceptors (Lipinski definition) is 15. The first-order valence-electron chi connectivity index (χ1n) is 14.2. The van der Waals surface area contributed by atoms with Gasteiger partial charge in [-0.1, -0.05) is 6.92 Å². The Bertz CT molecular complexity index is 884. The molecule has 2 saturated heterocycles. The molecule has 0 aromatic carbocycles. The highest BCUT2D eigenvalue weighted by Gasteiger charge is 2.56.